The van der Waals surface area contributed by atoms with E-state index in [1.807, 2.05) is 30.3 Å². The van der Waals surface area contributed by atoms with Crippen LogP contribution in [0, 0.1) is 11.8 Å². The second-order valence-corrected chi connectivity index (χ2v) is 10.3. The van der Waals surface area contributed by atoms with Crippen LogP contribution in [0.5, 0.6) is 11.5 Å². The number of alkyl halides is 1. The number of ether oxygens (including phenoxy) is 2. The summed E-state index contributed by atoms with van der Waals surface area (Å²) in [4.78, 5) is 18.4. The highest BCUT2D eigenvalue weighted by Gasteiger charge is 2.31. The Hall–Kier alpha value is -3.19. The quantitative estimate of drug-likeness (QED) is 0.259. The maximum absolute atomic E-state index is 15.5. The van der Waals surface area contributed by atoms with Crippen LogP contribution in [0.2, 0.25) is 0 Å². The van der Waals surface area contributed by atoms with Crippen molar-refractivity contribution in [3.8, 4) is 11.5 Å². The number of halogens is 1. The van der Waals surface area contributed by atoms with Crippen molar-refractivity contribution >= 4 is 16.9 Å². The van der Waals surface area contributed by atoms with Crippen molar-refractivity contribution in [2.45, 2.75) is 51.1 Å². The molecule has 1 aliphatic rings. The van der Waals surface area contributed by atoms with Crippen molar-refractivity contribution < 1.29 is 23.8 Å². The van der Waals surface area contributed by atoms with Crippen LogP contribution in [-0.4, -0.2) is 54.8 Å². The Kier molecular flexibility index (Phi) is 9.93. The Morgan fingerprint density at radius 3 is 2.58 bits per heavy atom. The number of benzene rings is 2. The van der Waals surface area contributed by atoms with E-state index in [9.17, 15) is 9.90 Å². The number of aromatic nitrogens is 1. The molecule has 1 saturated heterocycles. The van der Waals surface area contributed by atoms with Gasteiger partial charge in [-0.15, -0.1) is 0 Å². The summed E-state index contributed by atoms with van der Waals surface area (Å²) in [6, 6.07) is 15.5. The SMILES string of the molecule is COc1ccc(CCCCN2CC[C@@H](CC[C@@H](F)c3ccnc4ccc(OC)cc34)[C@@H](CC(=O)O)C2)cc1. The zero-order valence-electron chi connectivity index (χ0n) is 22.4. The largest absolute Gasteiger partial charge is 0.497 e. The van der Waals surface area contributed by atoms with Gasteiger partial charge >= 0.3 is 5.97 Å². The Morgan fingerprint density at radius 1 is 1.08 bits per heavy atom. The highest BCUT2D eigenvalue weighted by Crippen LogP contribution is 2.36. The fourth-order valence-corrected chi connectivity index (χ4v) is 5.71. The summed E-state index contributed by atoms with van der Waals surface area (Å²) in [6.45, 7) is 2.68. The number of aryl methyl sites for hydroxylation is 1. The van der Waals surface area contributed by atoms with Crippen LogP contribution in [0.1, 0.15) is 55.8 Å². The maximum atomic E-state index is 15.5. The Labute approximate surface area is 224 Å². The summed E-state index contributed by atoms with van der Waals surface area (Å²) < 4.78 is 26.1. The zero-order chi connectivity index (χ0) is 26.9. The smallest absolute Gasteiger partial charge is 0.303 e. The highest BCUT2D eigenvalue weighted by atomic mass is 19.1. The van der Waals surface area contributed by atoms with E-state index in [2.05, 4.69) is 22.0 Å². The monoisotopic (exact) mass is 522 g/mol. The first kappa shape index (κ1) is 27.8. The van der Waals surface area contributed by atoms with Gasteiger partial charge in [0.1, 0.15) is 17.7 Å². The van der Waals surface area contributed by atoms with Crippen molar-refractivity contribution in [2.24, 2.45) is 11.8 Å². The Morgan fingerprint density at radius 2 is 1.84 bits per heavy atom. The molecule has 1 fully saturated rings. The van der Waals surface area contributed by atoms with E-state index in [4.69, 9.17) is 9.47 Å². The summed E-state index contributed by atoms with van der Waals surface area (Å²) in [5, 5.41) is 10.3. The van der Waals surface area contributed by atoms with Crippen LogP contribution in [0.3, 0.4) is 0 Å². The van der Waals surface area contributed by atoms with Gasteiger partial charge in [0.15, 0.2) is 0 Å². The second-order valence-electron chi connectivity index (χ2n) is 10.3. The van der Waals surface area contributed by atoms with Gasteiger partial charge in [-0.25, -0.2) is 4.39 Å². The highest BCUT2D eigenvalue weighted by molar-refractivity contribution is 5.83. The number of carboxylic acid groups (broad SMARTS) is 1. The molecular weight excluding hydrogens is 483 g/mol. The Bertz CT molecular complexity index is 1190. The summed E-state index contributed by atoms with van der Waals surface area (Å²) in [5.41, 5.74) is 2.67. The summed E-state index contributed by atoms with van der Waals surface area (Å²) >= 11 is 0. The number of piperidine rings is 1. The lowest BCUT2D eigenvalue weighted by atomic mass is 9.79. The first-order valence-corrected chi connectivity index (χ1v) is 13.6. The maximum Gasteiger partial charge on any atom is 0.303 e. The number of carboxylic acids is 1. The van der Waals surface area contributed by atoms with Crippen LogP contribution in [0.4, 0.5) is 4.39 Å². The molecule has 0 bridgehead atoms. The van der Waals surface area contributed by atoms with Crippen LogP contribution in [0.25, 0.3) is 10.9 Å². The van der Waals surface area contributed by atoms with E-state index in [1.54, 1.807) is 26.5 Å². The van der Waals surface area contributed by atoms with Crippen molar-refractivity contribution in [3.63, 3.8) is 0 Å². The third-order valence-electron chi connectivity index (χ3n) is 7.87. The van der Waals surface area contributed by atoms with E-state index in [-0.39, 0.29) is 18.3 Å². The van der Waals surface area contributed by atoms with Crippen LogP contribution < -0.4 is 9.47 Å². The molecule has 1 aliphatic heterocycles. The van der Waals surface area contributed by atoms with Crippen molar-refractivity contribution in [1.82, 2.24) is 9.88 Å². The molecule has 204 valence electrons. The van der Waals surface area contributed by atoms with Crippen molar-refractivity contribution in [2.75, 3.05) is 33.9 Å². The number of rotatable bonds is 13. The van der Waals surface area contributed by atoms with Gasteiger partial charge in [-0.1, -0.05) is 12.1 Å². The summed E-state index contributed by atoms with van der Waals surface area (Å²) in [6.07, 6.45) is 5.80. The number of fused-ring (bicyclic) bond motifs is 1. The molecule has 0 spiro atoms. The number of aliphatic carboxylic acids is 1. The van der Waals surface area contributed by atoms with Crippen LogP contribution >= 0.6 is 0 Å². The molecule has 0 aliphatic carbocycles. The van der Waals surface area contributed by atoms with Crippen molar-refractivity contribution in [3.05, 3.63) is 65.9 Å². The fourth-order valence-electron chi connectivity index (χ4n) is 5.71. The van der Waals surface area contributed by atoms with E-state index in [0.717, 1.165) is 62.0 Å². The molecular formula is C31H39FN2O4. The molecule has 0 unspecified atom stereocenters. The van der Waals surface area contributed by atoms with Gasteiger partial charge in [0.25, 0.3) is 0 Å². The van der Waals surface area contributed by atoms with E-state index in [0.29, 0.717) is 24.2 Å². The average Bonchev–Trinajstić information content (AvgIpc) is 2.94. The Balaban J connectivity index is 1.29. The van der Waals surface area contributed by atoms with Crippen molar-refractivity contribution in [1.29, 1.82) is 0 Å². The topological polar surface area (TPSA) is 71.9 Å². The molecule has 4 rings (SSSR count). The minimum absolute atomic E-state index is 0.0457. The van der Waals surface area contributed by atoms with E-state index >= 15 is 4.39 Å². The minimum atomic E-state index is -1.13. The van der Waals surface area contributed by atoms with Gasteiger partial charge < -0.3 is 19.5 Å². The molecule has 2 heterocycles. The van der Waals surface area contributed by atoms with Gasteiger partial charge in [-0.05, 0) is 111 Å². The fraction of sp³-hybridized carbons (Fsp3) is 0.484. The predicted octanol–water partition coefficient (Wildman–Crippen LogP) is 6.48. The second kappa shape index (κ2) is 13.6. The van der Waals surface area contributed by atoms with Gasteiger partial charge in [-0.2, -0.15) is 0 Å². The zero-order valence-corrected chi connectivity index (χ0v) is 22.4. The number of carbonyl (C=O) groups is 1. The van der Waals surface area contributed by atoms with Gasteiger partial charge in [0.2, 0.25) is 0 Å². The number of nitrogens with zero attached hydrogens (tertiary/aromatic N) is 2. The number of unbranched alkanes of at least 4 members (excludes halogenated alkanes) is 1. The molecule has 0 amide bonds. The number of hydrogen-bond donors (Lipinski definition) is 1. The molecule has 6 nitrogen and oxygen atoms in total. The summed E-state index contributed by atoms with van der Waals surface area (Å²) in [7, 11) is 3.27. The standard InChI is InChI=1S/C31H39FN2O4/c1-37-25-9-6-22(7-10-25)5-3-4-17-34-18-15-23(24(21-34)19-31(35)36)8-12-29(32)27-14-16-33-30-13-11-26(38-2)20-28(27)30/h6-7,9-11,13-14,16,20,23-24,29H,3-5,8,12,15,17-19,21H2,1-2H3,(H,35,36)/t23-,24+,29-/m1/s1. The normalized spacial score (nSPS) is 18.8. The number of likely N-dealkylation sites (tertiary alicyclic amines) is 1. The molecule has 1 aromatic heterocycles. The lowest BCUT2D eigenvalue weighted by Gasteiger charge is -2.38. The summed E-state index contributed by atoms with van der Waals surface area (Å²) in [5.74, 6) is 1.03. The predicted molar refractivity (Wildman–Crippen MR) is 148 cm³/mol. The molecule has 3 aromatic rings. The number of hydrogen-bond acceptors (Lipinski definition) is 5. The van der Waals surface area contributed by atoms with E-state index < -0.39 is 12.1 Å². The van der Waals surface area contributed by atoms with E-state index in [1.165, 1.54) is 5.56 Å². The molecule has 3 atom stereocenters. The molecule has 38 heavy (non-hydrogen) atoms. The first-order valence-electron chi connectivity index (χ1n) is 13.6. The molecule has 2 aromatic carbocycles. The van der Waals surface area contributed by atoms with Crippen LogP contribution in [0.15, 0.2) is 54.7 Å². The molecule has 7 heteroatoms. The molecule has 1 N–H and O–H groups in total. The lowest BCUT2D eigenvalue weighted by Crippen LogP contribution is -2.41. The average molecular weight is 523 g/mol. The number of methoxy groups -OCH3 is 2. The van der Waals surface area contributed by atoms with Gasteiger partial charge in [-0.3, -0.25) is 9.78 Å². The van der Waals surface area contributed by atoms with Gasteiger partial charge in [0.05, 0.1) is 19.7 Å². The van der Waals surface area contributed by atoms with Gasteiger partial charge in [0, 0.05) is 24.5 Å². The number of pyridine rings is 1. The lowest BCUT2D eigenvalue weighted by molar-refractivity contribution is -0.139. The third-order valence-corrected chi connectivity index (χ3v) is 7.87. The first-order chi connectivity index (χ1) is 18.5. The third kappa shape index (κ3) is 7.44. The minimum Gasteiger partial charge on any atom is -0.497 e. The molecule has 0 saturated carbocycles. The van der Waals surface area contributed by atoms with Crippen LogP contribution in [-0.2, 0) is 11.2 Å². The molecule has 0 radical (unpaired) electrons.